The van der Waals surface area contributed by atoms with Gasteiger partial charge >= 0.3 is 0 Å². The number of aryl methyl sites for hydroxylation is 2. The average Bonchev–Trinajstić information content (AvgIpc) is 2.68. The first-order valence-corrected chi connectivity index (χ1v) is 9.34. The molecule has 3 rings (SSSR count). The number of hydrogen-bond acceptors (Lipinski definition) is 7. The summed E-state index contributed by atoms with van der Waals surface area (Å²) in [4.78, 5) is 44.0. The van der Waals surface area contributed by atoms with Gasteiger partial charge in [-0.05, 0) is 20.8 Å². The molecule has 1 aliphatic rings. The van der Waals surface area contributed by atoms with Crippen molar-refractivity contribution >= 4 is 17.5 Å². The van der Waals surface area contributed by atoms with Crippen LogP contribution in [0.4, 0.5) is 11.6 Å². The molecule has 1 aliphatic heterocycles. The largest absolute Gasteiger partial charge is 0.363 e. The molecule has 0 saturated carbocycles. The molecule has 2 aromatic rings. The third-order valence-corrected chi connectivity index (χ3v) is 5.05. The lowest BCUT2D eigenvalue weighted by Gasteiger charge is -2.35. The molecule has 0 bridgehead atoms. The second kappa shape index (κ2) is 7.95. The van der Waals surface area contributed by atoms with Gasteiger partial charge in [0.15, 0.2) is 0 Å². The van der Waals surface area contributed by atoms with E-state index in [2.05, 4.69) is 19.9 Å². The fourth-order valence-electron chi connectivity index (χ4n) is 3.15. The van der Waals surface area contributed by atoms with E-state index < -0.39 is 0 Å². The van der Waals surface area contributed by atoms with Gasteiger partial charge in [-0.2, -0.15) is 0 Å². The SMILES string of the molecule is Cc1nc(N(C)C)cc(N2CCN(C(=O)Cn3cnc(C)c(C)c3=O)CC2)n1. The number of hydrogen-bond donors (Lipinski definition) is 0. The number of nitrogens with zero attached hydrogens (tertiary/aromatic N) is 7. The lowest BCUT2D eigenvalue weighted by Crippen LogP contribution is -2.50. The van der Waals surface area contributed by atoms with Gasteiger partial charge in [0.05, 0.1) is 6.33 Å². The Morgan fingerprint density at radius 1 is 1.11 bits per heavy atom. The summed E-state index contributed by atoms with van der Waals surface area (Å²) in [6.45, 7) is 7.98. The van der Waals surface area contributed by atoms with Gasteiger partial charge in [0.2, 0.25) is 5.91 Å². The van der Waals surface area contributed by atoms with Crippen LogP contribution in [0, 0.1) is 20.8 Å². The molecular formula is C19H27N7O2. The standard InChI is InChI=1S/C19H27N7O2/c1-13-14(2)20-12-26(19(13)28)11-18(27)25-8-6-24(7-9-25)17-10-16(23(4)5)21-15(3)22-17/h10,12H,6-9,11H2,1-5H3. The van der Waals surface area contributed by atoms with E-state index in [-0.39, 0.29) is 18.0 Å². The minimum atomic E-state index is -0.160. The van der Waals surface area contributed by atoms with Crippen molar-refractivity contribution in [2.75, 3.05) is 50.1 Å². The Morgan fingerprint density at radius 3 is 2.43 bits per heavy atom. The molecule has 2 aromatic heterocycles. The molecule has 1 saturated heterocycles. The summed E-state index contributed by atoms with van der Waals surface area (Å²) in [6, 6.07) is 1.96. The van der Waals surface area contributed by atoms with Gasteiger partial charge in [-0.25, -0.2) is 15.0 Å². The summed E-state index contributed by atoms with van der Waals surface area (Å²) in [6.07, 6.45) is 1.45. The maximum atomic E-state index is 12.6. The Bertz CT molecular complexity index is 930. The maximum Gasteiger partial charge on any atom is 0.256 e. The number of carbonyl (C=O) groups is 1. The molecular weight excluding hydrogens is 358 g/mol. The van der Waals surface area contributed by atoms with Gasteiger partial charge in [-0.15, -0.1) is 0 Å². The first-order chi connectivity index (χ1) is 13.3. The van der Waals surface area contributed by atoms with E-state index in [1.165, 1.54) is 10.9 Å². The Morgan fingerprint density at radius 2 is 1.79 bits per heavy atom. The van der Waals surface area contributed by atoms with E-state index in [1.54, 1.807) is 18.7 Å². The number of anilines is 2. The molecule has 3 heterocycles. The quantitative estimate of drug-likeness (QED) is 0.752. The van der Waals surface area contributed by atoms with Crippen LogP contribution in [-0.2, 0) is 11.3 Å². The summed E-state index contributed by atoms with van der Waals surface area (Å²) in [7, 11) is 3.90. The highest BCUT2D eigenvalue weighted by molar-refractivity contribution is 5.76. The second-order valence-electron chi connectivity index (χ2n) is 7.28. The number of piperazine rings is 1. The van der Waals surface area contributed by atoms with E-state index >= 15 is 0 Å². The summed E-state index contributed by atoms with van der Waals surface area (Å²) in [5.41, 5.74) is 1.11. The first-order valence-electron chi connectivity index (χ1n) is 9.34. The lowest BCUT2D eigenvalue weighted by molar-refractivity contribution is -0.132. The van der Waals surface area contributed by atoms with E-state index in [1.807, 2.05) is 32.0 Å². The zero-order valence-electron chi connectivity index (χ0n) is 17.1. The number of aromatic nitrogens is 4. The molecule has 0 N–H and O–H groups in total. The molecule has 0 aromatic carbocycles. The molecule has 0 atom stereocenters. The fourth-order valence-corrected chi connectivity index (χ4v) is 3.15. The zero-order chi connectivity index (χ0) is 20.4. The van der Waals surface area contributed by atoms with E-state index in [4.69, 9.17) is 0 Å². The predicted molar refractivity (Wildman–Crippen MR) is 108 cm³/mol. The number of carbonyl (C=O) groups excluding carboxylic acids is 1. The second-order valence-corrected chi connectivity index (χ2v) is 7.28. The maximum absolute atomic E-state index is 12.6. The van der Waals surface area contributed by atoms with Crippen LogP contribution in [0.1, 0.15) is 17.1 Å². The van der Waals surface area contributed by atoms with Crippen LogP contribution in [0.3, 0.4) is 0 Å². The van der Waals surface area contributed by atoms with Crippen molar-refractivity contribution in [1.29, 1.82) is 0 Å². The van der Waals surface area contributed by atoms with Crippen molar-refractivity contribution in [3.05, 3.63) is 39.8 Å². The monoisotopic (exact) mass is 385 g/mol. The van der Waals surface area contributed by atoms with Gasteiger partial charge in [-0.1, -0.05) is 0 Å². The molecule has 0 unspecified atom stereocenters. The van der Waals surface area contributed by atoms with Crippen molar-refractivity contribution in [1.82, 2.24) is 24.4 Å². The van der Waals surface area contributed by atoms with Crippen LogP contribution < -0.4 is 15.4 Å². The molecule has 150 valence electrons. The highest BCUT2D eigenvalue weighted by atomic mass is 16.2. The van der Waals surface area contributed by atoms with E-state index in [0.717, 1.165) is 17.5 Å². The summed E-state index contributed by atoms with van der Waals surface area (Å²) in [5.74, 6) is 2.39. The van der Waals surface area contributed by atoms with Crippen LogP contribution >= 0.6 is 0 Å². The molecule has 9 nitrogen and oxygen atoms in total. The van der Waals surface area contributed by atoms with Crippen molar-refractivity contribution < 1.29 is 4.79 Å². The summed E-state index contributed by atoms with van der Waals surface area (Å²) in [5, 5.41) is 0. The molecule has 1 fully saturated rings. The van der Waals surface area contributed by atoms with Crippen LogP contribution in [0.5, 0.6) is 0 Å². The third-order valence-electron chi connectivity index (χ3n) is 5.05. The van der Waals surface area contributed by atoms with Crippen molar-refractivity contribution in [3.63, 3.8) is 0 Å². The zero-order valence-corrected chi connectivity index (χ0v) is 17.1. The topological polar surface area (TPSA) is 87.5 Å². The van der Waals surface area contributed by atoms with Crippen LogP contribution in [0.25, 0.3) is 0 Å². The highest BCUT2D eigenvalue weighted by Crippen LogP contribution is 2.19. The Balaban J connectivity index is 1.65. The predicted octanol–water partition coefficient (Wildman–Crippen LogP) is 0.373. The van der Waals surface area contributed by atoms with Gasteiger partial charge in [0.1, 0.15) is 24.0 Å². The van der Waals surface area contributed by atoms with Crippen molar-refractivity contribution in [3.8, 4) is 0 Å². The van der Waals surface area contributed by atoms with Gasteiger partial charge in [-0.3, -0.25) is 14.2 Å². The third kappa shape index (κ3) is 4.13. The first kappa shape index (κ1) is 19.8. The highest BCUT2D eigenvalue weighted by Gasteiger charge is 2.23. The molecule has 0 radical (unpaired) electrons. The van der Waals surface area contributed by atoms with Crippen LogP contribution in [0.2, 0.25) is 0 Å². The Labute approximate surface area is 164 Å². The minimum Gasteiger partial charge on any atom is -0.363 e. The van der Waals surface area contributed by atoms with Gasteiger partial charge < -0.3 is 14.7 Å². The van der Waals surface area contributed by atoms with Crippen molar-refractivity contribution in [2.24, 2.45) is 0 Å². The molecule has 28 heavy (non-hydrogen) atoms. The molecule has 0 aliphatic carbocycles. The average molecular weight is 385 g/mol. The Hall–Kier alpha value is -2.97. The summed E-state index contributed by atoms with van der Waals surface area (Å²) < 4.78 is 1.38. The Kier molecular flexibility index (Phi) is 5.62. The van der Waals surface area contributed by atoms with Crippen molar-refractivity contribution in [2.45, 2.75) is 27.3 Å². The number of rotatable bonds is 4. The minimum absolute atomic E-state index is 0.0182. The molecule has 9 heteroatoms. The molecule has 0 spiro atoms. The fraction of sp³-hybridized carbons (Fsp3) is 0.526. The number of amides is 1. The molecule has 1 amide bonds. The van der Waals surface area contributed by atoms with E-state index in [0.29, 0.717) is 37.4 Å². The van der Waals surface area contributed by atoms with Gasteiger partial charge in [0, 0.05) is 57.6 Å². The smallest absolute Gasteiger partial charge is 0.256 e. The summed E-state index contributed by atoms with van der Waals surface area (Å²) >= 11 is 0. The van der Waals surface area contributed by atoms with Crippen LogP contribution in [0.15, 0.2) is 17.2 Å². The van der Waals surface area contributed by atoms with Crippen LogP contribution in [-0.4, -0.2) is 70.6 Å². The van der Waals surface area contributed by atoms with E-state index in [9.17, 15) is 9.59 Å². The van der Waals surface area contributed by atoms with Gasteiger partial charge in [0.25, 0.3) is 5.56 Å². The normalized spacial score (nSPS) is 14.3. The lowest BCUT2D eigenvalue weighted by atomic mass is 10.2.